The van der Waals surface area contributed by atoms with Crippen LogP contribution in [0.15, 0.2) is 60.0 Å². The van der Waals surface area contributed by atoms with Crippen LogP contribution in [0.2, 0.25) is 0 Å². The van der Waals surface area contributed by atoms with E-state index in [1.165, 1.54) is 23.5 Å². The predicted molar refractivity (Wildman–Crippen MR) is 135 cm³/mol. The lowest BCUT2D eigenvalue weighted by molar-refractivity contribution is -0.158. The number of alkyl halides is 2. The van der Waals surface area contributed by atoms with Crippen molar-refractivity contribution in [2.24, 2.45) is 0 Å². The lowest BCUT2D eigenvalue weighted by Gasteiger charge is -2.25. The van der Waals surface area contributed by atoms with Crippen LogP contribution in [0.3, 0.4) is 0 Å². The number of nitrogens with zero attached hydrogens (tertiary/aromatic N) is 3. The topological polar surface area (TPSA) is 76.6 Å². The fourth-order valence-corrected chi connectivity index (χ4v) is 4.70. The third-order valence-electron chi connectivity index (χ3n) is 5.65. The molecule has 1 fully saturated rings. The highest BCUT2D eigenvalue weighted by atomic mass is 32.1. The summed E-state index contributed by atoms with van der Waals surface area (Å²) >= 11 is 1.38. The molecule has 1 N–H and O–H groups in total. The summed E-state index contributed by atoms with van der Waals surface area (Å²) in [6.07, 6.45) is -3.29. The van der Waals surface area contributed by atoms with Gasteiger partial charge in [-0.15, -0.1) is 11.3 Å². The van der Waals surface area contributed by atoms with Crippen molar-refractivity contribution < 1.29 is 23.0 Å². The van der Waals surface area contributed by atoms with Crippen LogP contribution >= 0.6 is 11.3 Å². The summed E-state index contributed by atoms with van der Waals surface area (Å²) in [5.41, 5.74) is 2.93. The van der Waals surface area contributed by atoms with Gasteiger partial charge in [0.25, 0.3) is 5.91 Å². The van der Waals surface area contributed by atoms with E-state index in [-0.39, 0.29) is 11.7 Å². The number of morpholine rings is 1. The van der Waals surface area contributed by atoms with Crippen molar-refractivity contribution in [1.82, 2.24) is 14.9 Å². The first kappa shape index (κ1) is 24.2. The first-order valence-corrected chi connectivity index (χ1v) is 12.3. The standard InChI is InChI=1S/C26H24F2N4O3S/c1-26(27,28)35-20-6-2-5-18(14-20)22-9-8-17-4-3-7-21(23(17)30-22)24(33)31-25-29-19(16-36-25)15-32-10-12-34-13-11-32/h2-9,14,16H,10-13,15H2,1H3,(H,29,31,33). The highest BCUT2D eigenvalue weighted by Crippen LogP contribution is 2.29. The molecular formula is C26H24F2N4O3S. The Kier molecular flexibility index (Phi) is 6.90. The highest BCUT2D eigenvalue weighted by Gasteiger charge is 2.23. The van der Waals surface area contributed by atoms with Gasteiger partial charge in [-0.1, -0.05) is 30.3 Å². The number of halogens is 2. The zero-order chi connectivity index (χ0) is 25.1. The molecule has 1 saturated heterocycles. The maximum atomic E-state index is 13.3. The number of carbonyl (C=O) groups is 1. The first-order chi connectivity index (χ1) is 17.3. The van der Waals surface area contributed by atoms with E-state index in [2.05, 4.69) is 24.9 Å². The number of anilines is 1. The molecule has 2 aromatic heterocycles. The van der Waals surface area contributed by atoms with Gasteiger partial charge in [0.05, 0.1) is 35.7 Å². The van der Waals surface area contributed by atoms with E-state index in [1.54, 1.807) is 30.3 Å². The Morgan fingerprint density at radius 2 is 1.94 bits per heavy atom. The summed E-state index contributed by atoms with van der Waals surface area (Å²) in [5.74, 6) is -0.287. The van der Waals surface area contributed by atoms with E-state index in [9.17, 15) is 13.6 Å². The van der Waals surface area contributed by atoms with Crippen LogP contribution in [0.5, 0.6) is 5.75 Å². The van der Waals surface area contributed by atoms with Crippen LogP contribution in [-0.4, -0.2) is 53.2 Å². The predicted octanol–water partition coefficient (Wildman–Crippen LogP) is 5.43. The number of hydrogen-bond donors (Lipinski definition) is 1. The molecule has 1 aliphatic heterocycles. The van der Waals surface area contributed by atoms with E-state index < -0.39 is 6.11 Å². The molecule has 186 valence electrons. The minimum absolute atomic E-state index is 0.0320. The van der Waals surface area contributed by atoms with Gasteiger partial charge in [0.2, 0.25) is 0 Å². The van der Waals surface area contributed by atoms with Gasteiger partial charge in [-0.3, -0.25) is 15.0 Å². The molecule has 0 saturated carbocycles. The van der Waals surface area contributed by atoms with Crippen molar-refractivity contribution in [3.8, 4) is 17.0 Å². The number of rotatable bonds is 7. The van der Waals surface area contributed by atoms with Gasteiger partial charge in [-0.05, 0) is 24.3 Å². The number of ether oxygens (including phenoxy) is 2. The van der Waals surface area contributed by atoms with Gasteiger partial charge in [-0.25, -0.2) is 9.97 Å². The average molecular weight is 511 g/mol. The number of nitrogens with one attached hydrogen (secondary N) is 1. The van der Waals surface area contributed by atoms with Gasteiger partial charge >= 0.3 is 6.11 Å². The molecule has 3 heterocycles. The van der Waals surface area contributed by atoms with E-state index in [1.807, 2.05) is 17.5 Å². The Morgan fingerprint density at radius 1 is 1.14 bits per heavy atom. The van der Waals surface area contributed by atoms with Gasteiger partial charge in [0, 0.05) is 42.9 Å². The number of benzene rings is 2. The van der Waals surface area contributed by atoms with Gasteiger partial charge in [-0.2, -0.15) is 8.78 Å². The lowest BCUT2D eigenvalue weighted by Crippen LogP contribution is -2.35. The summed E-state index contributed by atoms with van der Waals surface area (Å²) in [6.45, 7) is 4.55. The Morgan fingerprint density at radius 3 is 2.75 bits per heavy atom. The van der Waals surface area contributed by atoms with Crippen molar-refractivity contribution in [3.05, 3.63) is 71.2 Å². The first-order valence-electron chi connectivity index (χ1n) is 11.5. The molecule has 0 unspecified atom stereocenters. The fraction of sp³-hybridized carbons (Fsp3) is 0.269. The second-order valence-corrected chi connectivity index (χ2v) is 9.36. The van der Waals surface area contributed by atoms with Gasteiger partial charge < -0.3 is 9.47 Å². The number of para-hydroxylation sites is 1. The Balaban J connectivity index is 1.37. The van der Waals surface area contributed by atoms with Crippen molar-refractivity contribution >= 4 is 33.3 Å². The molecule has 0 radical (unpaired) electrons. The molecule has 10 heteroatoms. The monoisotopic (exact) mass is 510 g/mol. The smallest absolute Gasteiger partial charge is 0.394 e. The number of amides is 1. The fourth-order valence-electron chi connectivity index (χ4n) is 4.01. The van der Waals surface area contributed by atoms with Gasteiger partial charge in [0.1, 0.15) is 5.75 Å². The maximum Gasteiger partial charge on any atom is 0.394 e. The SMILES string of the molecule is CC(F)(F)Oc1cccc(-c2ccc3cccc(C(=O)Nc4nc(CN5CCOCC5)cs4)c3n2)c1. The van der Waals surface area contributed by atoms with E-state index in [0.29, 0.717) is 54.2 Å². The van der Waals surface area contributed by atoms with Crippen LogP contribution in [0.25, 0.3) is 22.2 Å². The number of fused-ring (bicyclic) bond motifs is 1. The summed E-state index contributed by atoms with van der Waals surface area (Å²) in [4.78, 5) is 24.7. The number of pyridine rings is 1. The molecule has 36 heavy (non-hydrogen) atoms. The Labute approximate surface area is 210 Å². The van der Waals surface area contributed by atoms with Crippen LogP contribution in [-0.2, 0) is 11.3 Å². The molecular weight excluding hydrogens is 486 g/mol. The van der Waals surface area contributed by atoms with Crippen LogP contribution in [0.1, 0.15) is 23.0 Å². The van der Waals surface area contributed by atoms with Gasteiger partial charge in [0.15, 0.2) is 5.13 Å². The number of carbonyl (C=O) groups excluding carboxylic acids is 1. The summed E-state index contributed by atoms with van der Waals surface area (Å²) in [6, 6.07) is 15.3. The minimum atomic E-state index is -3.29. The molecule has 1 amide bonds. The Hall–Kier alpha value is -3.47. The van der Waals surface area contributed by atoms with Crippen LogP contribution in [0, 0.1) is 0 Å². The highest BCUT2D eigenvalue weighted by molar-refractivity contribution is 7.14. The minimum Gasteiger partial charge on any atom is -0.433 e. The van der Waals surface area contributed by atoms with Crippen molar-refractivity contribution in [2.75, 3.05) is 31.6 Å². The van der Waals surface area contributed by atoms with E-state index >= 15 is 0 Å². The summed E-state index contributed by atoms with van der Waals surface area (Å²) < 4.78 is 36.7. The second-order valence-electron chi connectivity index (χ2n) is 8.50. The third kappa shape index (κ3) is 5.84. The average Bonchev–Trinajstić information content (AvgIpc) is 3.29. The second kappa shape index (κ2) is 10.3. The molecule has 0 atom stereocenters. The molecule has 0 aliphatic carbocycles. The molecule has 5 rings (SSSR count). The number of hydrogen-bond acceptors (Lipinski definition) is 7. The zero-order valence-electron chi connectivity index (χ0n) is 19.5. The molecule has 0 bridgehead atoms. The van der Waals surface area contributed by atoms with Crippen molar-refractivity contribution in [3.63, 3.8) is 0 Å². The van der Waals surface area contributed by atoms with Crippen molar-refractivity contribution in [1.29, 1.82) is 0 Å². The van der Waals surface area contributed by atoms with E-state index in [0.717, 1.165) is 24.2 Å². The Bertz CT molecular complexity index is 1380. The number of thiazole rings is 1. The molecule has 7 nitrogen and oxygen atoms in total. The third-order valence-corrected chi connectivity index (χ3v) is 6.46. The quantitative estimate of drug-likeness (QED) is 0.357. The van der Waals surface area contributed by atoms with E-state index in [4.69, 9.17) is 4.74 Å². The normalized spacial score (nSPS) is 14.6. The van der Waals surface area contributed by atoms with Crippen LogP contribution in [0.4, 0.5) is 13.9 Å². The molecule has 0 spiro atoms. The van der Waals surface area contributed by atoms with Crippen molar-refractivity contribution in [2.45, 2.75) is 19.6 Å². The molecule has 4 aromatic rings. The molecule has 1 aliphatic rings. The zero-order valence-corrected chi connectivity index (χ0v) is 20.4. The summed E-state index contributed by atoms with van der Waals surface area (Å²) in [7, 11) is 0. The number of aromatic nitrogens is 2. The molecule has 2 aromatic carbocycles. The largest absolute Gasteiger partial charge is 0.433 e. The summed E-state index contributed by atoms with van der Waals surface area (Å²) in [5, 5.41) is 6.13. The maximum absolute atomic E-state index is 13.3. The van der Waals surface area contributed by atoms with Crippen LogP contribution < -0.4 is 10.1 Å². The lowest BCUT2D eigenvalue weighted by atomic mass is 10.1.